The predicted molar refractivity (Wildman–Crippen MR) is 89.1 cm³/mol. The van der Waals surface area contributed by atoms with E-state index in [0.717, 1.165) is 12.8 Å². The fourth-order valence-corrected chi connectivity index (χ4v) is 2.30. The van der Waals surface area contributed by atoms with Crippen LogP contribution in [-0.4, -0.2) is 71.5 Å². The van der Waals surface area contributed by atoms with Crippen molar-refractivity contribution in [1.29, 1.82) is 0 Å². The van der Waals surface area contributed by atoms with Crippen LogP contribution in [0.1, 0.15) is 71.1 Å². The van der Waals surface area contributed by atoms with Crippen molar-refractivity contribution in [3.63, 3.8) is 0 Å². The van der Waals surface area contributed by atoms with Crippen molar-refractivity contribution >= 4 is 41.3 Å². The van der Waals surface area contributed by atoms with Crippen molar-refractivity contribution in [3.05, 3.63) is 0 Å². The summed E-state index contributed by atoms with van der Waals surface area (Å²) in [7, 11) is 1.67. The molecule has 0 bridgehead atoms. The third kappa shape index (κ3) is 18.1. The van der Waals surface area contributed by atoms with E-state index >= 15 is 0 Å². The number of hydrogen-bond acceptors (Lipinski definition) is 3. The fraction of sp³-hybridized carbons (Fsp3) is 0.875. The molecule has 4 nitrogen and oxygen atoms in total. The summed E-state index contributed by atoms with van der Waals surface area (Å²) in [6.07, 6.45) is 11.8. The van der Waals surface area contributed by atoms with Crippen LogP contribution in [0, 0.1) is 0 Å². The van der Waals surface area contributed by atoms with Gasteiger partial charge in [0.25, 0.3) is 0 Å². The van der Waals surface area contributed by atoms with Crippen LogP contribution < -0.4 is 0 Å². The molecule has 0 amide bonds. The number of carboxylic acids is 1. The standard InChI is InChI=1S/C16H31NO3.Na.H/c1-3-4-5-6-7-8-9-10-11-12-15(18)13-17(2)14-16(19)20;;/h3-14H2,1-2H3,(H,19,20);;. The summed E-state index contributed by atoms with van der Waals surface area (Å²) in [6.45, 7) is 2.41. The minimum atomic E-state index is -0.886. The molecule has 0 aliphatic rings. The molecule has 0 aromatic carbocycles. The number of rotatable bonds is 14. The summed E-state index contributed by atoms with van der Waals surface area (Å²) in [5.74, 6) is -0.736. The average Bonchev–Trinajstić information content (AvgIpc) is 2.35. The molecule has 21 heavy (non-hydrogen) atoms. The third-order valence-electron chi connectivity index (χ3n) is 3.41. The molecule has 0 radical (unpaired) electrons. The Kier molecular flexibility index (Phi) is 18.3. The van der Waals surface area contributed by atoms with E-state index in [9.17, 15) is 9.59 Å². The van der Waals surface area contributed by atoms with Gasteiger partial charge in [-0.25, -0.2) is 0 Å². The molecule has 0 saturated heterocycles. The first-order valence-corrected chi connectivity index (χ1v) is 7.98. The van der Waals surface area contributed by atoms with Crippen molar-refractivity contribution in [3.8, 4) is 0 Å². The molecule has 0 aromatic heterocycles. The number of nitrogens with zero attached hydrogens (tertiary/aromatic N) is 1. The first kappa shape index (κ1) is 23.4. The summed E-state index contributed by atoms with van der Waals surface area (Å²) in [6, 6.07) is 0. The summed E-state index contributed by atoms with van der Waals surface area (Å²) in [5.41, 5.74) is 0. The van der Waals surface area contributed by atoms with Gasteiger partial charge in [-0.05, 0) is 13.5 Å². The Labute approximate surface area is 152 Å². The quantitative estimate of drug-likeness (QED) is 0.396. The maximum atomic E-state index is 11.6. The SMILES string of the molecule is CCCCCCCCCCCC(=O)CN(C)CC(=O)O.[NaH]. The second kappa shape index (κ2) is 16.5. The summed E-state index contributed by atoms with van der Waals surface area (Å²) in [4.78, 5) is 23.6. The second-order valence-corrected chi connectivity index (χ2v) is 5.68. The van der Waals surface area contributed by atoms with Crippen molar-refractivity contribution in [1.82, 2.24) is 4.90 Å². The van der Waals surface area contributed by atoms with Crippen LogP contribution in [-0.2, 0) is 9.59 Å². The average molecular weight is 309 g/mol. The number of aliphatic carboxylic acids is 1. The minimum absolute atomic E-state index is 0. The van der Waals surface area contributed by atoms with Crippen LogP contribution in [0.25, 0.3) is 0 Å². The van der Waals surface area contributed by atoms with E-state index in [4.69, 9.17) is 5.11 Å². The van der Waals surface area contributed by atoms with Crippen molar-refractivity contribution in [2.45, 2.75) is 71.1 Å². The van der Waals surface area contributed by atoms with E-state index in [1.807, 2.05) is 0 Å². The molecule has 0 fully saturated rings. The monoisotopic (exact) mass is 309 g/mol. The van der Waals surface area contributed by atoms with Gasteiger partial charge in [0.1, 0.15) is 5.78 Å². The van der Waals surface area contributed by atoms with Gasteiger partial charge in [-0.1, -0.05) is 58.3 Å². The molecule has 1 N–H and O–H groups in total. The van der Waals surface area contributed by atoms with Gasteiger partial charge in [0.05, 0.1) is 13.1 Å². The van der Waals surface area contributed by atoms with Gasteiger partial charge in [-0.15, -0.1) is 0 Å². The number of ketones is 1. The number of carbonyl (C=O) groups excluding carboxylic acids is 1. The maximum absolute atomic E-state index is 11.6. The summed E-state index contributed by atoms with van der Waals surface area (Å²) in [5, 5.41) is 8.59. The zero-order valence-electron chi connectivity index (χ0n) is 13.2. The van der Waals surface area contributed by atoms with E-state index in [1.54, 1.807) is 11.9 Å². The second-order valence-electron chi connectivity index (χ2n) is 5.68. The number of unbranched alkanes of at least 4 members (excludes halogenated alkanes) is 8. The predicted octanol–water partition coefficient (Wildman–Crippen LogP) is 2.84. The number of likely N-dealkylation sites (N-methyl/N-ethyl adjacent to an activating group) is 1. The first-order chi connectivity index (χ1) is 9.56. The number of carboxylic acid groups (broad SMARTS) is 1. The Morgan fingerprint density at radius 1 is 0.857 bits per heavy atom. The Morgan fingerprint density at radius 3 is 1.81 bits per heavy atom. The van der Waals surface area contributed by atoms with Crippen LogP contribution >= 0.6 is 0 Å². The molecular formula is C16H32NNaO3. The van der Waals surface area contributed by atoms with Gasteiger partial charge in [0, 0.05) is 6.42 Å². The third-order valence-corrected chi connectivity index (χ3v) is 3.41. The van der Waals surface area contributed by atoms with Gasteiger partial charge < -0.3 is 5.11 Å². The van der Waals surface area contributed by atoms with Crippen LogP contribution in [0.2, 0.25) is 0 Å². The molecule has 0 aromatic rings. The zero-order valence-corrected chi connectivity index (χ0v) is 13.2. The van der Waals surface area contributed by atoms with Gasteiger partial charge >= 0.3 is 35.5 Å². The van der Waals surface area contributed by atoms with Gasteiger partial charge in [0.2, 0.25) is 0 Å². The fourth-order valence-electron chi connectivity index (χ4n) is 2.30. The summed E-state index contributed by atoms with van der Waals surface area (Å²) >= 11 is 0. The van der Waals surface area contributed by atoms with Gasteiger partial charge in [-0.2, -0.15) is 0 Å². The Balaban J connectivity index is 0. The number of hydrogen-bond donors (Lipinski definition) is 1. The van der Waals surface area contributed by atoms with Crippen LogP contribution in [0.4, 0.5) is 0 Å². The van der Waals surface area contributed by atoms with E-state index in [0.29, 0.717) is 6.42 Å². The van der Waals surface area contributed by atoms with Crippen molar-refractivity contribution in [2.24, 2.45) is 0 Å². The van der Waals surface area contributed by atoms with E-state index in [-0.39, 0.29) is 48.4 Å². The van der Waals surface area contributed by atoms with Gasteiger partial charge in [0.15, 0.2) is 0 Å². The molecule has 0 heterocycles. The van der Waals surface area contributed by atoms with E-state index in [1.165, 1.54) is 44.9 Å². The van der Waals surface area contributed by atoms with Crippen molar-refractivity contribution < 1.29 is 14.7 Å². The van der Waals surface area contributed by atoms with Gasteiger partial charge in [-0.3, -0.25) is 14.5 Å². The molecule has 0 aliphatic carbocycles. The Morgan fingerprint density at radius 2 is 1.33 bits per heavy atom. The number of carbonyl (C=O) groups is 2. The summed E-state index contributed by atoms with van der Waals surface area (Å²) < 4.78 is 0. The molecule has 0 unspecified atom stereocenters. The normalized spacial score (nSPS) is 10.4. The van der Waals surface area contributed by atoms with Crippen molar-refractivity contribution in [2.75, 3.05) is 20.1 Å². The molecule has 5 heteroatoms. The molecule has 120 valence electrons. The van der Waals surface area contributed by atoms with E-state index < -0.39 is 5.97 Å². The molecule has 0 spiro atoms. The zero-order chi connectivity index (χ0) is 15.2. The molecule has 0 saturated carbocycles. The Hall–Kier alpha value is 0.100. The molecular weight excluding hydrogens is 277 g/mol. The topological polar surface area (TPSA) is 57.6 Å². The molecule has 0 rings (SSSR count). The van der Waals surface area contributed by atoms with Crippen LogP contribution in [0.5, 0.6) is 0 Å². The molecule has 0 atom stereocenters. The Bertz CT molecular complexity index is 272. The molecule has 0 aliphatic heterocycles. The van der Waals surface area contributed by atoms with Crippen LogP contribution in [0.15, 0.2) is 0 Å². The first-order valence-electron chi connectivity index (χ1n) is 7.98. The van der Waals surface area contributed by atoms with Crippen LogP contribution in [0.3, 0.4) is 0 Å². The van der Waals surface area contributed by atoms with E-state index in [2.05, 4.69) is 6.92 Å². The number of Topliss-reactive ketones (excluding diaryl/α,β-unsaturated/α-hetero) is 1.